The fourth-order valence-corrected chi connectivity index (χ4v) is 4.57. The zero-order valence-corrected chi connectivity index (χ0v) is 19.3. The summed E-state index contributed by atoms with van der Waals surface area (Å²) >= 11 is 0. The summed E-state index contributed by atoms with van der Waals surface area (Å²) in [6.45, 7) is 0. The van der Waals surface area contributed by atoms with Crippen molar-refractivity contribution >= 4 is 21.5 Å². The Morgan fingerprint density at radius 3 is 1.23 bits per heavy atom. The maximum absolute atomic E-state index is 15.2. The van der Waals surface area contributed by atoms with Crippen molar-refractivity contribution in [1.82, 2.24) is 0 Å². The molecule has 206 valence electrons. The predicted molar refractivity (Wildman–Crippen MR) is 118 cm³/mol. The molecule has 0 radical (unpaired) electrons. The number of hydrogen-bond acceptors (Lipinski definition) is 1. The fourth-order valence-electron chi connectivity index (χ4n) is 4.57. The molecule has 1 nitrogen and oxygen atoms in total. The Morgan fingerprint density at radius 1 is 0.400 bits per heavy atom. The van der Waals surface area contributed by atoms with E-state index in [4.69, 9.17) is 0 Å². The summed E-state index contributed by atoms with van der Waals surface area (Å²) in [5.41, 5.74) is -5.34. The lowest BCUT2D eigenvalue weighted by Gasteiger charge is -2.20. The molecule has 0 spiro atoms. The normalized spacial score (nSPS) is 11.6. The topological polar surface area (TPSA) is 9.23 Å². The lowest BCUT2D eigenvalue weighted by molar-refractivity contribution is 0.334. The lowest BCUT2D eigenvalue weighted by atomic mass is 9.85. The van der Waals surface area contributed by atoms with Crippen molar-refractivity contribution in [3.8, 4) is 28.0 Å². The molecule has 0 aliphatic carbocycles. The van der Waals surface area contributed by atoms with E-state index in [1.807, 2.05) is 0 Å². The first-order valence-corrected chi connectivity index (χ1v) is 10.8. The minimum Gasteiger partial charge on any atom is -0.491 e. The highest BCUT2D eigenvalue weighted by molar-refractivity contribution is 6.21. The highest BCUT2D eigenvalue weighted by Gasteiger charge is 2.33. The Hall–Kier alpha value is -4.42. The highest BCUT2D eigenvalue weighted by atomic mass is 19.2. The van der Waals surface area contributed by atoms with Gasteiger partial charge in [0.2, 0.25) is 17.5 Å². The average Bonchev–Trinajstić information content (AvgIpc) is 2.92. The second-order valence-electron chi connectivity index (χ2n) is 8.36. The first-order valence-electron chi connectivity index (χ1n) is 10.8. The third-order valence-electron chi connectivity index (χ3n) is 6.26. The van der Waals surface area contributed by atoms with Crippen molar-refractivity contribution in [3.05, 3.63) is 100 Å². The standard InChI is InChI=1S/C27H8F12O/c1-40-27-25(38)20(33)17(21(34)26(27)39)15-9-4-7(28)2-3-8(9)14(10-5-12(29)13(30)6-11(10)15)16-18(31)22(35)24(37)23(36)19(16)32/h2-6H,1H3. The van der Waals surface area contributed by atoms with Crippen LogP contribution in [0.4, 0.5) is 52.7 Å². The number of benzene rings is 5. The van der Waals surface area contributed by atoms with Gasteiger partial charge in [-0.2, -0.15) is 8.78 Å². The Kier molecular flexibility index (Phi) is 6.35. The quantitative estimate of drug-likeness (QED) is 0.0902. The number of halogens is 12. The van der Waals surface area contributed by atoms with E-state index >= 15 is 8.78 Å². The third kappa shape index (κ3) is 3.67. The van der Waals surface area contributed by atoms with Gasteiger partial charge in [0.05, 0.1) is 18.2 Å². The molecule has 0 amide bonds. The van der Waals surface area contributed by atoms with Crippen LogP contribution in [-0.2, 0) is 0 Å². The van der Waals surface area contributed by atoms with Gasteiger partial charge in [-0.15, -0.1) is 0 Å². The number of methoxy groups -OCH3 is 1. The van der Waals surface area contributed by atoms with E-state index in [1.165, 1.54) is 0 Å². The van der Waals surface area contributed by atoms with Crippen LogP contribution in [0, 0.1) is 69.8 Å². The molecule has 13 heteroatoms. The zero-order chi connectivity index (χ0) is 29.4. The molecular formula is C27H8F12O. The molecule has 40 heavy (non-hydrogen) atoms. The Labute approximate surface area is 214 Å². The maximum atomic E-state index is 15.2. The zero-order valence-electron chi connectivity index (χ0n) is 19.3. The summed E-state index contributed by atoms with van der Waals surface area (Å²) in [7, 11) is 0.678. The molecule has 0 atom stereocenters. The van der Waals surface area contributed by atoms with E-state index in [0.717, 1.165) is 0 Å². The Morgan fingerprint density at radius 2 is 0.775 bits per heavy atom. The van der Waals surface area contributed by atoms with Gasteiger partial charge in [-0.1, -0.05) is 6.07 Å². The van der Waals surface area contributed by atoms with Crippen molar-refractivity contribution in [2.45, 2.75) is 0 Å². The van der Waals surface area contributed by atoms with Gasteiger partial charge in [-0.3, -0.25) is 0 Å². The Bertz CT molecular complexity index is 1860. The molecule has 0 bridgehead atoms. The average molecular weight is 576 g/mol. The number of hydrogen-bond donors (Lipinski definition) is 0. The molecule has 0 N–H and O–H groups in total. The number of ether oxygens (including phenoxy) is 1. The van der Waals surface area contributed by atoms with Crippen molar-refractivity contribution in [2.75, 3.05) is 7.11 Å². The van der Waals surface area contributed by atoms with Gasteiger partial charge in [-0.05, 0) is 45.8 Å². The van der Waals surface area contributed by atoms with Gasteiger partial charge in [-0.25, -0.2) is 43.9 Å². The van der Waals surface area contributed by atoms with Gasteiger partial charge >= 0.3 is 0 Å². The first kappa shape index (κ1) is 27.2. The predicted octanol–water partition coefficient (Wildman–Crippen LogP) is 9.00. The molecule has 0 heterocycles. The van der Waals surface area contributed by atoms with E-state index in [9.17, 15) is 43.9 Å². The Balaban J connectivity index is 2.14. The second-order valence-corrected chi connectivity index (χ2v) is 8.36. The summed E-state index contributed by atoms with van der Waals surface area (Å²) in [5.74, 6) is -27.0. The van der Waals surface area contributed by atoms with Gasteiger partial charge in [0, 0.05) is 11.1 Å². The molecule has 0 saturated carbocycles. The lowest BCUT2D eigenvalue weighted by Crippen LogP contribution is -2.07. The van der Waals surface area contributed by atoms with Gasteiger partial charge < -0.3 is 4.74 Å². The molecule has 0 saturated heterocycles. The molecular weight excluding hydrogens is 568 g/mol. The largest absolute Gasteiger partial charge is 0.491 e. The van der Waals surface area contributed by atoms with Crippen molar-refractivity contribution in [2.24, 2.45) is 0 Å². The van der Waals surface area contributed by atoms with Crippen molar-refractivity contribution in [3.63, 3.8) is 0 Å². The smallest absolute Gasteiger partial charge is 0.204 e. The van der Waals surface area contributed by atoms with E-state index < -0.39 is 119 Å². The fraction of sp³-hybridized carbons (Fsp3) is 0.0370. The molecule has 0 aromatic heterocycles. The van der Waals surface area contributed by atoms with Crippen LogP contribution < -0.4 is 4.74 Å². The molecule has 5 aromatic rings. The van der Waals surface area contributed by atoms with E-state index in [1.54, 1.807) is 0 Å². The van der Waals surface area contributed by atoms with Crippen LogP contribution in [0.25, 0.3) is 43.8 Å². The van der Waals surface area contributed by atoms with Crippen molar-refractivity contribution < 1.29 is 57.4 Å². The molecule has 0 fully saturated rings. The summed E-state index contributed by atoms with van der Waals surface area (Å²) in [6.07, 6.45) is 0. The van der Waals surface area contributed by atoms with E-state index in [2.05, 4.69) is 4.74 Å². The minimum absolute atomic E-state index is 0.193. The summed E-state index contributed by atoms with van der Waals surface area (Å²) < 4.78 is 179. The SMILES string of the molecule is COc1c(F)c(F)c(-c2c3cc(F)ccc3c(-c3c(F)c(F)c(F)c(F)c3F)c3cc(F)c(F)cc23)c(F)c1F. The maximum Gasteiger partial charge on any atom is 0.204 e. The van der Waals surface area contributed by atoms with Gasteiger partial charge in [0.1, 0.15) is 5.82 Å². The molecule has 0 aliphatic heterocycles. The van der Waals surface area contributed by atoms with Gasteiger partial charge in [0.25, 0.3) is 0 Å². The van der Waals surface area contributed by atoms with Crippen LogP contribution in [0.3, 0.4) is 0 Å². The summed E-state index contributed by atoms with van der Waals surface area (Å²) in [4.78, 5) is 0. The first-order chi connectivity index (χ1) is 18.8. The monoisotopic (exact) mass is 576 g/mol. The van der Waals surface area contributed by atoms with E-state index in [0.29, 0.717) is 25.3 Å². The summed E-state index contributed by atoms with van der Waals surface area (Å²) in [6, 6.07) is 2.12. The molecule has 0 unspecified atom stereocenters. The molecule has 5 aromatic carbocycles. The van der Waals surface area contributed by atoms with Crippen molar-refractivity contribution in [1.29, 1.82) is 0 Å². The van der Waals surface area contributed by atoms with Crippen LogP contribution in [-0.4, -0.2) is 7.11 Å². The molecule has 0 aliphatic rings. The van der Waals surface area contributed by atoms with Crippen LogP contribution in [0.1, 0.15) is 0 Å². The third-order valence-corrected chi connectivity index (χ3v) is 6.26. The van der Waals surface area contributed by atoms with Gasteiger partial charge in [0.15, 0.2) is 52.3 Å². The summed E-state index contributed by atoms with van der Waals surface area (Å²) in [5, 5.41) is -3.38. The van der Waals surface area contributed by atoms with Crippen LogP contribution in [0.2, 0.25) is 0 Å². The number of rotatable bonds is 3. The van der Waals surface area contributed by atoms with Crippen LogP contribution in [0.5, 0.6) is 5.75 Å². The molecule has 5 rings (SSSR count). The number of fused-ring (bicyclic) bond motifs is 2. The van der Waals surface area contributed by atoms with Crippen LogP contribution >= 0.6 is 0 Å². The van der Waals surface area contributed by atoms with E-state index in [-0.39, 0.29) is 12.1 Å². The second kappa shape index (κ2) is 9.35. The highest BCUT2D eigenvalue weighted by Crippen LogP contribution is 2.48. The van der Waals surface area contributed by atoms with Crippen LogP contribution in [0.15, 0.2) is 30.3 Å². The minimum atomic E-state index is -2.56.